The van der Waals surface area contributed by atoms with Gasteiger partial charge in [0, 0.05) is 11.1 Å². The van der Waals surface area contributed by atoms with Crippen molar-refractivity contribution in [3.63, 3.8) is 0 Å². The summed E-state index contributed by atoms with van der Waals surface area (Å²) in [5.74, 6) is 0.434. The molecule has 0 saturated carbocycles. The lowest BCUT2D eigenvalue weighted by Gasteiger charge is -1.99. The first-order valence-electron chi connectivity index (χ1n) is 6.42. The summed E-state index contributed by atoms with van der Waals surface area (Å²) in [4.78, 5) is 4.46. The largest absolute Gasteiger partial charge is 0.436 e. The van der Waals surface area contributed by atoms with E-state index < -0.39 is 0 Å². The molecule has 0 unspecified atom stereocenters. The van der Waals surface area contributed by atoms with Crippen molar-refractivity contribution < 1.29 is 4.42 Å². The zero-order valence-electron chi connectivity index (χ0n) is 11.1. The van der Waals surface area contributed by atoms with Crippen LogP contribution in [0.1, 0.15) is 0 Å². The summed E-state index contributed by atoms with van der Waals surface area (Å²) in [6.07, 6.45) is 3.23. The van der Waals surface area contributed by atoms with Crippen molar-refractivity contribution in [2.75, 3.05) is 0 Å². The quantitative estimate of drug-likeness (QED) is 0.547. The number of fused-ring (bicyclic) bond motifs is 1. The van der Waals surface area contributed by atoms with Crippen LogP contribution in [0.25, 0.3) is 28.2 Å². The molecule has 0 aliphatic rings. The highest BCUT2D eigenvalue weighted by molar-refractivity contribution is 6.35. The summed E-state index contributed by atoms with van der Waals surface area (Å²) in [7, 11) is 0. The predicted octanol–water partition coefficient (Wildman–Crippen LogP) is 4.38. The minimum atomic E-state index is 0.434. The van der Waals surface area contributed by atoms with Gasteiger partial charge in [0.2, 0.25) is 5.89 Å². The number of nitrogens with zero attached hydrogens (tertiary/aromatic N) is 4. The second kappa shape index (κ2) is 5.12. The van der Waals surface area contributed by atoms with Crippen LogP contribution in [-0.2, 0) is 0 Å². The van der Waals surface area contributed by atoms with Crippen molar-refractivity contribution in [1.29, 1.82) is 0 Å². The smallest absolute Gasteiger partial charge is 0.228 e. The first-order chi connectivity index (χ1) is 10.7. The van der Waals surface area contributed by atoms with E-state index in [4.69, 9.17) is 27.6 Å². The Kier molecular flexibility index (Phi) is 3.10. The van der Waals surface area contributed by atoms with Gasteiger partial charge in [-0.25, -0.2) is 4.98 Å². The number of halogens is 2. The Labute approximate surface area is 135 Å². The number of aromatic nitrogens is 4. The Balaban J connectivity index is 1.85. The number of hydrogen-bond acceptors (Lipinski definition) is 4. The molecule has 2 aromatic carbocycles. The van der Waals surface area contributed by atoms with Gasteiger partial charge in [-0.1, -0.05) is 23.2 Å². The van der Waals surface area contributed by atoms with Gasteiger partial charge in [0.1, 0.15) is 18.2 Å². The van der Waals surface area contributed by atoms with E-state index in [0.717, 1.165) is 11.2 Å². The highest BCUT2D eigenvalue weighted by Crippen LogP contribution is 2.32. The lowest BCUT2D eigenvalue weighted by atomic mass is 10.2. The Morgan fingerprint density at radius 2 is 1.77 bits per heavy atom. The lowest BCUT2D eigenvalue weighted by Crippen LogP contribution is -1.88. The number of benzene rings is 2. The molecule has 0 saturated heterocycles. The molecule has 0 amide bonds. The molecule has 22 heavy (non-hydrogen) atoms. The summed E-state index contributed by atoms with van der Waals surface area (Å²) in [6.45, 7) is 0. The van der Waals surface area contributed by atoms with Crippen LogP contribution in [0.4, 0.5) is 0 Å². The molecule has 0 spiro atoms. The molecule has 108 valence electrons. The van der Waals surface area contributed by atoms with E-state index in [-0.39, 0.29) is 0 Å². The van der Waals surface area contributed by atoms with E-state index >= 15 is 0 Å². The molecule has 5 nitrogen and oxygen atoms in total. The van der Waals surface area contributed by atoms with Gasteiger partial charge in [-0.2, -0.15) is 0 Å². The molecule has 2 heterocycles. The van der Waals surface area contributed by atoms with Crippen LogP contribution in [0, 0.1) is 0 Å². The maximum Gasteiger partial charge on any atom is 0.228 e. The Hall–Kier alpha value is -2.37. The van der Waals surface area contributed by atoms with Gasteiger partial charge < -0.3 is 4.42 Å². The van der Waals surface area contributed by atoms with Crippen molar-refractivity contribution in [2.45, 2.75) is 0 Å². The van der Waals surface area contributed by atoms with Crippen molar-refractivity contribution in [1.82, 2.24) is 19.7 Å². The molecule has 2 aromatic heterocycles. The maximum atomic E-state index is 6.19. The van der Waals surface area contributed by atoms with Crippen molar-refractivity contribution in [2.24, 2.45) is 0 Å². The SMILES string of the molecule is Clc1ccc(Cl)c(-c2nc3ccc(-n4cnnc4)cc3o2)c1. The van der Waals surface area contributed by atoms with Crippen LogP contribution in [0.2, 0.25) is 10.0 Å². The van der Waals surface area contributed by atoms with E-state index in [2.05, 4.69) is 15.2 Å². The molecule has 0 N–H and O–H groups in total. The third kappa shape index (κ3) is 2.24. The molecular weight excluding hydrogens is 323 g/mol. The van der Waals surface area contributed by atoms with Gasteiger partial charge in [-0.15, -0.1) is 10.2 Å². The predicted molar refractivity (Wildman–Crippen MR) is 84.4 cm³/mol. The first-order valence-corrected chi connectivity index (χ1v) is 7.17. The van der Waals surface area contributed by atoms with Crippen LogP contribution < -0.4 is 0 Å². The third-order valence-electron chi connectivity index (χ3n) is 3.25. The van der Waals surface area contributed by atoms with Crippen LogP contribution in [0.15, 0.2) is 53.5 Å². The Morgan fingerprint density at radius 3 is 2.59 bits per heavy atom. The summed E-state index contributed by atoms with van der Waals surface area (Å²) in [5.41, 5.74) is 2.94. The van der Waals surface area contributed by atoms with E-state index in [0.29, 0.717) is 27.1 Å². The summed E-state index contributed by atoms with van der Waals surface area (Å²) < 4.78 is 7.61. The van der Waals surface area contributed by atoms with E-state index in [1.165, 1.54) is 0 Å². The van der Waals surface area contributed by atoms with E-state index in [1.54, 1.807) is 35.4 Å². The lowest BCUT2D eigenvalue weighted by molar-refractivity contribution is 0.619. The molecule has 0 radical (unpaired) electrons. The summed E-state index contributed by atoms with van der Waals surface area (Å²) >= 11 is 12.2. The van der Waals surface area contributed by atoms with Crippen LogP contribution >= 0.6 is 23.2 Å². The van der Waals surface area contributed by atoms with Gasteiger partial charge >= 0.3 is 0 Å². The topological polar surface area (TPSA) is 56.7 Å². The minimum Gasteiger partial charge on any atom is -0.436 e. The summed E-state index contributed by atoms with van der Waals surface area (Å²) in [6, 6.07) is 10.8. The van der Waals surface area contributed by atoms with Gasteiger partial charge in [-0.05, 0) is 30.3 Å². The number of hydrogen-bond donors (Lipinski definition) is 0. The van der Waals surface area contributed by atoms with Crippen LogP contribution in [0.3, 0.4) is 0 Å². The Bertz CT molecular complexity index is 963. The molecular formula is C15H8Cl2N4O. The molecule has 0 atom stereocenters. The standard InChI is InChI=1S/C15H8Cl2N4O/c16-9-1-3-12(17)11(5-9)15-20-13-4-2-10(6-14(13)22-15)21-7-18-19-8-21/h1-8H. The van der Waals surface area contributed by atoms with Crippen molar-refractivity contribution in [3.8, 4) is 17.1 Å². The normalized spacial score (nSPS) is 11.2. The molecule has 4 rings (SSSR count). The highest BCUT2D eigenvalue weighted by Gasteiger charge is 2.13. The monoisotopic (exact) mass is 330 g/mol. The fourth-order valence-electron chi connectivity index (χ4n) is 2.18. The van der Waals surface area contributed by atoms with Gasteiger partial charge in [-0.3, -0.25) is 4.57 Å². The van der Waals surface area contributed by atoms with Crippen molar-refractivity contribution in [3.05, 3.63) is 59.1 Å². The van der Waals surface area contributed by atoms with E-state index in [9.17, 15) is 0 Å². The molecule has 0 fully saturated rings. The first kappa shape index (κ1) is 13.3. The zero-order valence-corrected chi connectivity index (χ0v) is 12.6. The Morgan fingerprint density at radius 1 is 0.955 bits per heavy atom. The molecule has 7 heteroatoms. The van der Waals surface area contributed by atoms with E-state index in [1.807, 2.05) is 18.2 Å². The van der Waals surface area contributed by atoms with Crippen molar-refractivity contribution >= 4 is 34.3 Å². The molecule has 0 aliphatic heterocycles. The van der Waals surface area contributed by atoms with Crippen LogP contribution in [0.5, 0.6) is 0 Å². The average molecular weight is 331 g/mol. The third-order valence-corrected chi connectivity index (χ3v) is 3.81. The van der Waals surface area contributed by atoms with Gasteiger partial charge in [0.25, 0.3) is 0 Å². The fourth-order valence-corrected chi connectivity index (χ4v) is 2.56. The molecule has 0 bridgehead atoms. The number of rotatable bonds is 2. The second-order valence-electron chi connectivity index (χ2n) is 4.66. The summed E-state index contributed by atoms with van der Waals surface area (Å²) in [5, 5.41) is 8.69. The zero-order chi connectivity index (χ0) is 15.1. The number of oxazole rings is 1. The minimum absolute atomic E-state index is 0.434. The average Bonchev–Trinajstić information content (AvgIpc) is 3.17. The van der Waals surface area contributed by atoms with Crippen LogP contribution in [-0.4, -0.2) is 19.7 Å². The molecule has 0 aliphatic carbocycles. The highest BCUT2D eigenvalue weighted by atomic mass is 35.5. The maximum absolute atomic E-state index is 6.19. The van der Waals surface area contributed by atoms with Gasteiger partial charge in [0.15, 0.2) is 5.58 Å². The van der Waals surface area contributed by atoms with Gasteiger partial charge in [0.05, 0.1) is 16.3 Å². The fraction of sp³-hybridized carbons (Fsp3) is 0. The second-order valence-corrected chi connectivity index (χ2v) is 5.51. The molecule has 4 aromatic rings.